The number of hydrogen-bond acceptors (Lipinski definition) is 5. The number of carboxylic acids is 1. The lowest BCUT2D eigenvalue weighted by molar-refractivity contribution is -0.139. The number of halogens is 1. The van der Waals surface area contributed by atoms with Gasteiger partial charge in [-0.1, -0.05) is 6.07 Å². The van der Waals surface area contributed by atoms with Gasteiger partial charge in [0.1, 0.15) is 11.9 Å². The summed E-state index contributed by atoms with van der Waals surface area (Å²) in [6, 6.07) is 11.3. The van der Waals surface area contributed by atoms with E-state index in [2.05, 4.69) is 20.9 Å². The molecule has 1 N–H and O–H groups in total. The number of unbranched alkanes of at least 4 members (excludes halogenated alkanes) is 1. The Hall–Kier alpha value is -3.06. The molecular formula is C29H36FN3O3. The van der Waals surface area contributed by atoms with E-state index in [1.54, 1.807) is 25.6 Å². The molecule has 0 aliphatic carbocycles. The quantitative estimate of drug-likeness (QED) is 0.318. The zero-order valence-electron chi connectivity index (χ0n) is 21.0. The number of hydrogen-bond donors (Lipinski definition) is 1. The number of carboxylic acid groups (broad SMARTS) is 1. The Bertz CT molecular complexity index is 1130. The van der Waals surface area contributed by atoms with Crippen LogP contribution in [0.4, 0.5) is 4.39 Å². The summed E-state index contributed by atoms with van der Waals surface area (Å²) in [6.07, 6.45) is 9.51. The van der Waals surface area contributed by atoms with Gasteiger partial charge in [-0.3, -0.25) is 14.8 Å². The maximum atomic E-state index is 15.5. The fourth-order valence-corrected chi connectivity index (χ4v) is 5.47. The Morgan fingerprint density at radius 1 is 1.22 bits per heavy atom. The Morgan fingerprint density at radius 2 is 2.11 bits per heavy atom. The van der Waals surface area contributed by atoms with Crippen molar-refractivity contribution in [2.75, 3.05) is 26.7 Å². The largest absolute Gasteiger partial charge is 0.497 e. The summed E-state index contributed by atoms with van der Waals surface area (Å²) in [5, 5.41) is 10.3. The highest BCUT2D eigenvalue weighted by molar-refractivity contribution is 5.83. The second-order valence-electron chi connectivity index (χ2n) is 9.85. The van der Waals surface area contributed by atoms with Gasteiger partial charge in [-0.15, -0.1) is 0 Å². The van der Waals surface area contributed by atoms with E-state index in [0.29, 0.717) is 24.2 Å². The van der Waals surface area contributed by atoms with Gasteiger partial charge in [0.05, 0.1) is 12.6 Å². The molecule has 36 heavy (non-hydrogen) atoms. The molecule has 4 rings (SSSR count). The predicted octanol–water partition coefficient (Wildman–Crippen LogP) is 5.86. The number of benzene rings is 1. The number of aromatic nitrogens is 2. The fraction of sp³-hybridized carbons (Fsp3) is 0.483. The number of aliphatic carboxylic acids is 1. The molecule has 1 fully saturated rings. The molecule has 0 spiro atoms. The van der Waals surface area contributed by atoms with Gasteiger partial charge in [0.15, 0.2) is 0 Å². The highest BCUT2D eigenvalue weighted by atomic mass is 19.1. The Morgan fingerprint density at radius 3 is 2.89 bits per heavy atom. The Kier molecular flexibility index (Phi) is 9.23. The molecule has 1 aliphatic heterocycles. The third kappa shape index (κ3) is 7.00. The molecule has 7 heteroatoms. The molecule has 192 valence electrons. The number of methoxy groups -OCH3 is 1. The average molecular weight is 494 g/mol. The minimum absolute atomic E-state index is 0.0519. The van der Waals surface area contributed by atoms with E-state index in [1.807, 2.05) is 30.5 Å². The summed E-state index contributed by atoms with van der Waals surface area (Å²) in [7, 11) is 1.60. The highest BCUT2D eigenvalue weighted by Gasteiger charge is 2.31. The highest BCUT2D eigenvalue weighted by Crippen LogP contribution is 2.36. The van der Waals surface area contributed by atoms with Crippen LogP contribution >= 0.6 is 0 Å². The summed E-state index contributed by atoms with van der Waals surface area (Å²) < 4.78 is 20.8. The lowest BCUT2D eigenvalue weighted by Crippen LogP contribution is -2.41. The van der Waals surface area contributed by atoms with E-state index >= 15 is 4.39 Å². The number of rotatable bonds is 12. The fourth-order valence-electron chi connectivity index (χ4n) is 5.47. The van der Waals surface area contributed by atoms with Gasteiger partial charge in [0, 0.05) is 36.9 Å². The van der Waals surface area contributed by atoms with Crippen molar-refractivity contribution in [2.24, 2.45) is 11.8 Å². The van der Waals surface area contributed by atoms with E-state index in [-0.39, 0.29) is 18.3 Å². The minimum Gasteiger partial charge on any atom is -0.497 e. The zero-order chi connectivity index (χ0) is 25.3. The van der Waals surface area contributed by atoms with Gasteiger partial charge in [0.2, 0.25) is 0 Å². The van der Waals surface area contributed by atoms with Crippen LogP contribution in [0, 0.1) is 11.8 Å². The van der Waals surface area contributed by atoms with Crippen molar-refractivity contribution >= 4 is 16.9 Å². The molecule has 1 aromatic carbocycles. The minimum atomic E-state index is -1.13. The topological polar surface area (TPSA) is 75.5 Å². The van der Waals surface area contributed by atoms with Gasteiger partial charge < -0.3 is 14.7 Å². The first kappa shape index (κ1) is 26.0. The summed E-state index contributed by atoms with van der Waals surface area (Å²) in [5.74, 6) is 0.176. The first-order valence-corrected chi connectivity index (χ1v) is 12.9. The Labute approximate surface area is 212 Å². The second-order valence-corrected chi connectivity index (χ2v) is 9.85. The number of alkyl halides is 1. The van der Waals surface area contributed by atoms with Gasteiger partial charge in [-0.25, -0.2) is 4.39 Å². The second kappa shape index (κ2) is 12.8. The van der Waals surface area contributed by atoms with Gasteiger partial charge in [-0.2, -0.15) is 0 Å². The van der Waals surface area contributed by atoms with Crippen molar-refractivity contribution in [1.29, 1.82) is 0 Å². The Balaban J connectivity index is 1.31. The van der Waals surface area contributed by atoms with E-state index in [4.69, 9.17) is 4.74 Å². The standard InChI is InChI=1S/C29H36FN3O3/c1-36-24-8-10-28-26(18-24)25(11-14-32-28)27(30)9-7-22-12-16-33(20-23(22)17-29(34)35)15-3-2-5-21-6-4-13-31-19-21/h4,6,8,10-11,13-14,18-19,22-23,27H,2-3,5,7,9,12,15-17,20H2,1H3,(H,34,35)/t22-,23+,27-/m1/s1. The van der Waals surface area contributed by atoms with Crippen LogP contribution in [0.15, 0.2) is 55.0 Å². The van der Waals surface area contributed by atoms with Gasteiger partial charge in [-0.05, 0) is 105 Å². The molecule has 3 aromatic rings. The lowest BCUT2D eigenvalue weighted by Gasteiger charge is -2.38. The van der Waals surface area contributed by atoms with Crippen molar-refractivity contribution < 1.29 is 19.0 Å². The zero-order valence-corrected chi connectivity index (χ0v) is 21.0. The van der Waals surface area contributed by atoms with Crippen LogP contribution in [0.2, 0.25) is 0 Å². The summed E-state index contributed by atoms with van der Waals surface area (Å²) >= 11 is 0. The van der Waals surface area contributed by atoms with Crippen LogP contribution < -0.4 is 4.74 Å². The molecule has 1 aliphatic rings. The molecule has 0 amide bonds. The van der Waals surface area contributed by atoms with E-state index in [0.717, 1.165) is 56.2 Å². The molecule has 2 aromatic heterocycles. The molecule has 3 heterocycles. The monoisotopic (exact) mass is 493 g/mol. The maximum Gasteiger partial charge on any atom is 0.303 e. The molecule has 3 atom stereocenters. The average Bonchev–Trinajstić information content (AvgIpc) is 2.90. The SMILES string of the molecule is COc1ccc2nccc([C@H](F)CC[C@@H]3CCN(CCCCc4cccnc4)C[C@@H]3CC(=O)O)c2c1. The normalized spacial score (nSPS) is 19.3. The van der Waals surface area contributed by atoms with Crippen LogP contribution in [-0.2, 0) is 11.2 Å². The first-order chi connectivity index (χ1) is 17.5. The number of nitrogens with zero attached hydrogens (tertiary/aromatic N) is 3. The number of piperidine rings is 1. The van der Waals surface area contributed by atoms with E-state index < -0.39 is 12.1 Å². The van der Waals surface area contributed by atoms with Crippen molar-refractivity contribution in [1.82, 2.24) is 14.9 Å². The number of aryl methyl sites for hydroxylation is 1. The first-order valence-electron chi connectivity index (χ1n) is 12.9. The maximum absolute atomic E-state index is 15.5. The summed E-state index contributed by atoms with van der Waals surface area (Å²) in [5.41, 5.74) is 2.62. The summed E-state index contributed by atoms with van der Waals surface area (Å²) in [6.45, 7) is 2.69. The summed E-state index contributed by atoms with van der Waals surface area (Å²) in [4.78, 5) is 22.5. The smallest absolute Gasteiger partial charge is 0.303 e. The predicted molar refractivity (Wildman–Crippen MR) is 139 cm³/mol. The lowest BCUT2D eigenvalue weighted by atomic mass is 9.79. The van der Waals surface area contributed by atoms with Gasteiger partial charge in [0.25, 0.3) is 0 Å². The third-order valence-corrected chi connectivity index (χ3v) is 7.44. The number of fused-ring (bicyclic) bond motifs is 1. The molecular weight excluding hydrogens is 457 g/mol. The molecule has 6 nitrogen and oxygen atoms in total. The van der Waals surface area contributed by atoms with Crippen LogP contribution in [-0.4, -0.2) is 52.7 Å². The molecule has 0 saturated carbocycles. The van der Waals surface area contributed by atoms with E-state index in [1.165, 1.54) is 5.56 Å². The van der Waals surface area contributed by atoms with E-state index in [9.17, 15) is 9.90 Å². The van der Waals surface area contributed by atoms with Crippen molar-refractivity contribution in [2.45, 2.75) is 51.1 Å². The number of carbonyl (C=O) groups is 1. The number of likely N-dealkylation sites (tertiary alicyclic amines) is 1. The van der Waals surface area contributed by atoms with Crippen molar-refractivity contribution in [3.8, 4) is 5.75 Å². The van der Waals surface area contributed by atoms with Crippen LogP contribution in [0.5, 0.6) is 5.75 Å². The van der Waals surface area contributed by atoms with Crippen molar-refractivity contribution in [3.63, 3.8) is 0 Å². The molecule has 0 radical (unpaired) electrons. The molecule has 0 bridgehead atoms. The van der Waals surface area contributed by atoms with Crippen molar-refractivity contribution in [3.05, 3.63) is 66.1 Å². The van der Waals surface area contributed by atoms with Gasteiger partial charge >= 0.3 is 5.97 Å². The number of pyridine rings is 2. The van der Waals surface area contributed by atoms with Crippen LogP contribution in [0.3, 0.4) is 0 Å². The van der Waals surface area contributed by atoms with Crippen LogP contribution in [0.25, 0.3) is 10.9 Å². The molecule has 0 unspecified atom stereocenters. The van der Waals surface area contributed by atoms with Crippen LogP contribution in [0.1, 0.15) is 55.8 Å². The third-order valence-electron chi connectivity index (χ3n) is 7.44. The number of ether oxygens (including phenoxy) is 1. The molecule has 1 saturated heterocycles.